The molecule has 2 heteroatoms. The molecule has 0 aliphatic carbocycles. The molecular formula is C10H16O2. The predicted octanol–water partition coefficient (Wildman–Crippen LogP) is 2.28. The van der Waals surface area contributed by atoms with E-state index in [1.165, 1.54) is 0 Å². The van der Waals surface area contributed by atoms with Gasteiger partial charge in [0.1, 0.15) is 0 Å². The second-order valence-electron chi connectivity index (χ2n) is 2.74. The van der Waals surface area contributed by atoms with Crippen molar-refractivity contribution in [1.29, 1.82) is 0 Å². The summed E-state index contributed by atoms with van der Waals surface area (Å²) in [4.78, 5) is 21.5. The molecule has 0 atom stereocenters. The summed E-state index contributed by atoms with van der Waals surface area (Å²) in [6.45, 7) is 3.79. The Morgan fingerprint density at radius 1 is 1.33 bits per heavy atom. The first-order valence-electron chi connectivity index (χ1n) is 4.41. The lowest BCUT2D eigenvalue weighted by molar-refractivity contribution is -0.117. The monoisotopic (exact) mass is 168 g/mol. The van der Waals surface area contributed by atoms with Gasteiger partial charge in [-0.3, -0.25) is 9.59 Å². The summed E-state index contributed by atoms with van der Waals surface area (Å²) in [7, 11) is 0. The molecule has 0 rings (SSSR count). The zero-order valence-electron chi connectivity index (χ0n) is 7.80. The first-order valence-corrected chi connectivity index (χ1v) is 4.41. The van der Waals surface area contributed by atoms with Crippen molar-refractivity contribution in [2.45, 2.75) is 39.5 Å². The minimum atomic E-state index is -0.0269. The zero-order chi connectivity index (χ0) is 9.40. The van der Waals surface area contributed by atoms with Gasteiger partial charge in [-0.15, -0.1) is 0 Å². The van der Waals surface area contributed by atoms with E-state index in [2.05, 4.69) is 6.92 Å². The van der Waals surface area contributed by atoms with Gasteiger partial charge in [0.25, 0.3) is 0 Å². The van der Waals surface area contributed by atoms with Crippen molar-refractivity contribution in [3.63, 3.8) is 0 Å². The van der Waals surface area contributed by atoms with Crippen molar-refractivity contribution in [3.05, 3.63) is 11.6 Å². The summed E-state index contributed by atoms with van der Waals surface area (Å²) in [6.07, 6.45) is 5.75. The summed E-state index contributed by atoms with van der Waals surface area (Å²) in [5, 5.41) is 0. The van der Waals surface area contributed by atoms with E-state index in [1.54, 1.807) is 13.0 Å². The Bertz CT molecular complexity index is 180. The first kappa shape index (κ1) is 11.1. The quantitative estimate of drug-likeness (QED) is 0.200. The fourth-order valence-corrected chi connectivity index (χ4v) is 0.975. The third-order valence-corrected chi connectivity index (χ3v) is 1.77. The first-order chi connectivity index (χ1) is 5.76. The maximum absolute atomic E-state index is 11.2. The fraction of sp³-hybridized carbons (Fsp3) is 0.600. The van der Waals surface area contributed by atoms with Crippen LogP contribution in [0.5, 0.6) is 0 Å². The third-order valence-electron chi connectivity index (χ3n) is 1.77. The molecule has 0 aliphatic rings. The summed E-state index contributed by atoms with van der Waals surface area (Å²) in [5.74, 6) is -0.0269. The molecule has 0 spiro atoms. The minimum absolute atomic E-state index is 0.0269. The van der Waals surface area contributed by atoms with Gasteiger partial charge in [0.15, 0.2) is 12.1 Å². The Morgan fingerprint density at radius 3 is 2.42 bits per heavy atom. The van der Waals surface area contributed by atoms with Crippen LogP contribution in [0.1, 0.15) is 39.5 Å². The van der Waals surface area contributed by atoms with E-state index in [1.807, 2.05) is 0 Å². The molecule has 0 radical (unpaired) electrons. The molecular weight excluding hydrogens is 152 g/mol. The average Bonchev–Trinajstić information content (AvgIpc) is 2.07. The lowest BCUT2D eigenvalue weighted by Crippen LogP contribution is -2.02. The van der Waals surface area contributed by atoms with Crippen LogP contribution in [0.15, 0.2) is 11.6 Å². The average molecular weight is 168 g/mol. The lowest BCUT2D eigenvalue weighted by atomic mass is 10.1. The van der Waals surface area contributed by atoms with Crippen LogP contribution < -0.4 is 0 Å². The topological polar surface area (TPSA) is 34.1 Å². The van der Waals surface area contributed by atoms with Crippen LogP contribution in [-0.2, 0) is 9.59 Å². The highest BCUT2D eigenvalue weighted by molar-refractivity contribution is 6.11. The number of hydrogen-bond donors (Lipinski definition) is 0. The van der Waals surface area contributed by atoms with Gasteiger partial charge < -0.3 is 0 Å². The molecule has 12 heavy (non-hydrogen) atoms. The number of ketones is 1. The number of Topliss-reactive ketones (excluding diaryl/α,β-unsaturated/α-hetero) is 1. The highest BCUT2D eigenvalue weighted by Gasteiger charge is 2.05. The molecule has 0 fully saturated rings. The Morgan fingerprint density at radius 2 is 2.00 bits per heavy atom. The standard InChI is InChI=1S/C10H16O2/c1-3-5-6-7-10(12)9(4-2)8-11/h4,8H,3,5-7H2,1-2H3/b9-4+. The maximum atomic E-state index is 11.2. The van der Waals surface area contributed by atoms with Crippen LogP contribution >= 0.6 is 0 Å². The molecule has 0 N–H and O–H groups in total. The van der Waals surface area contributed by atoms with E-state index < -0.39 is 0 Å². The van der Waals surface area contributed by atoms with Crippen molar-refractivity contribution >= 4 is 12.1 Å². The largest absolute Gasteiger partial charge is 0.298 e. The predicted molar refractivity (Wildman–Crippen MR) is 49.0 cm³/mol. The number of hydrogen-bond acceptors (Lipinski definition) is 2. The summed E-state index contributed by atoms with van der Waals surface area (Å²) >= 11 is 0. The molecule has 0 aliphatic heterocycles. The second kappa shape index (κ2) is 6.77. The van der Waals surface area contributed by atoms with Gasteiger partial charge in [-0.25, -0.2) is 0 Å². The fourth-order valence-electron chi connectivity index (χ4n) is 0.975. The normalized spacial score (nSPS) is 11.3. The van der Waals surface area contributed by atoms with Gasteiger partial charge >= 0.3 is 0 Å². The third kappa shape index (κ3) is 4.06. The molecule has 0 unspecified atom stereocenters. The van der Waals surface area contributed by atoms with Crippen molar-refractivity contribution in [3.8, 4) is 0 Å². The number of aldehydes is 1. The van der Waals surface area contributed by atoms with E-state index in [4.69, 9.17) is 0 Å². The number of rotatable bonds is 6. The van der Waals surface area contributed by atoms with Crippen molar-refractivity contribution in [1.82, 2.24) is 0 Å². The molecule has 0 amide bonds. The van der Waals surface area contributed by atoms with Crippen LogP contribution in [0.2, 0.25) is 0 Å². The molecule has 0 aromatic carbocycles. The molecule has 0 saturated heterocycles. The SMILES string of the molecule is C/C=C(\C=O)C(=O)CCCCC. The summed E-state index contributed by atoms with van der Waals surface area (Å²) in [6, 6.07) is 0. The number of unbranched alkanes of at least 4 members (excludes halogenated alkanes) is 2. The highest BCUT2D eigenvalue weighted by Crippen LogP contribution is 2.04. The Labute approximate surface area is 73.7 Å². The van der Waals surface area contributed by atoms with E-state index in [9.17, 15) is 9.59 Å². The van der Waals surface area contributed by atoms with Gasteiger partial charge in [-0.05, 0) is 13.3 Å². The van der Waals surface area contributed by atoms with Crippen LogP contribution in [0.3, 0.4) is 0 Å². The van der Waals surface area contributed by atoms with Crippen molar-refractivity contribution in [2.24, 2.45) is 0 Å². The molecule has 0 bridgehead atoms. The number of carbonyl (C=O) groups excluding carboxylic acids is 2. The smallest absolute Gasteiger partial charge is 0.165 e. The van der Waals surface area contributed by atoms with E-state index in [0.717, 1.165) is 19.3 Å². The van der Waals surface area contributed by atoms with E-state index >= 15 is 0 Å². The minimum Gasteiger partial charge on any atom is -0.298 e. The second-order valence-corrected chi connectivity index (χ2v) is 2.74. The van der Waals surface area contributed by atoms with Gasteiger partial charge in [0.2, 0.25) is 0 Å². The summed E-state index contributed by atoms with van der Waals surface area (Å²) < 4.78 is 0. The van der Waals surface area contributed by atoms with Gasteiger partial charge in [-0.1, -0.05) is 25.8 Å². The Balaban J connectivity index is 3.78. The molecule has 0 saturated carbocycles. The number of allylic oxidation sites excluding steroid dienone is 2. The number of carbonyl (C=O) groups is 2. The molecule has 68 valence electrons. The molecule has 0 aromatic heterocycles. The van der Waals surface area contributed by atoms with Crippen molar-refractivity contribution < 1.29 is 9.59 Å². The van der Waals surface area contributed by atoms with Gasteiger partial charge in [-0.2, -0.15) is 0 Å². The maximum Gasteiger partial charge on any atom is 0.165 e. The molecule has 2 nitrogen and oxygen atoms in total. The van der Waals surface area contributed by atoms with Crippen LogP contribution in [0.4, 0.5) is 0 Å². The van der Waals surface area contributed by atoms with E-state index in [-0.39, 0.29) is 5.78 Å². The van der Waals surface area contributed by atoms with E-state index in [0.29, 0.717) is 18.3 Å². The molecule has 0 aromatic rings. The van der Waals surface area contributed by atoms with Crippen LogP contribution in [0.25, 0.3) is 0 Å². The van der Waals surface area contributed by atoms with Crippen LogP contribution in [0, 0.1) is 0 Å². The van der Waals surface area contributed by atoms with Crippen LogP contribution in [-0.4, -0.2) is 12.1 Å². The Hall–Kier alpha value is -0.920. The lowest BCUT2D eigenvalue weighted by Gasteiger charge is -1.97. The van der Waals surface area contributed by atoms with Gasteiger partial charge in [0.05, 0.1) is 5.57 Å². The Kier molecular flexibility index (Phi) is 6.25. The summed E-state index contributed by atoms with van der Waals surface area (Å²) in [5.41, 5.74) is 0.311. The molecule has 0 heterocycles. The zero-order valence-corrected chi connectivity index (χ0v) is 7.80. The van der Waals surface area contributed by atoms with Gasteiger partial charge in [0, 0.05) is 6.42 Å². The highest BCUT2D eigenvalue weighted by atomic mass is 16.1. The van der Waals surface area contributed by atoms with Crippen molar-refractivity contribution in [2.75, 3.05) is 0 Å².